The van der Waals surface area contributed by atoms with Crippen LogP contribution in [0.4, 0.5) is 0 Å². The maximum Gasteiger partial charge on any atom is 0.302 e. The zero-order valence-electron chi connectivity index (χ0n) is 11.0. The average Bonchev–Trinajstić information content (AvgIpc) is 2.39. The highest BCUT2D eigenvalue weighted by molar-refractivity contribution is 5.65. The van der Waals surface area contributed by atoms with Crippen LogP contribution in [0.25, 0.3) is 0 Å². The maximum absolute atomic E-state index is 12.2. The maximum atomic E-state index is 12.2. The second-order valence-corrected chi connectivity index (χ2v) is 4.64. The van der Waals surface area contributed by atoms with Crippen molar-refractivity contribution in [2.45, 2.75) is 45.8 Å². The number of nitrogens with zero attached hydrogens (tertiary/aromatic N) is 2. The Labute approximate surface area is 111 Å². The van der Waals surface area contributed by atoms with Crippen molar-refractivity contribution < 1.29 is 14.6 Å². The molecular weight excluding hydrogens is 248 g/mol. The lowest BCUT2D eigenvalue weighted by atomic mass is 9.93. The molecule has 2 rings (SSSR count). The molecule has 1 aliphatic carbocycles. The van der Waals surface area contributed by atoms with Gasteiger partial charge in [-0.25, -0.2) is 4.68 Å². The molecule has 0 saturated carbocycles. The average molecular weight is 266 g/mol. The highest BCUT2D eigenvalue weighted by atomic mass is 16.5. The van der Waals surface area contributed by atoms with Crippen LogP contribution in [0.15, 0.2) is 4.79 Å². The van der Waals surface area contributed by atoms with Crippen molar-refractivity contribution in [1.29, 1.82) is 0 Å². The zero-order chi connectivity index (χ0) is 13.8. The molecular formula is C13H18N2O4. The van der Waals surface area contributed by atoms with E-state index in [2.05, 4.69) is 5.10 Å². The topological polar surface area (TPSA) is 81.4 Å². The minimum absolute atomic E-state index is 0.00948. The number of esters is 1. The number of fused-ring (bicyclic) bond motifs is 1. The Balaban J connectivity index is 2.44. The first-order valence-electron chi connectivity index (χ1n) is 6.49. The molecule has 0 aliphatic heterocycles. The highest BCUT2D eigenvalue weighted by Crippen LogP contribution is 2.21. The second kappa shape index (κ2) is 5.97. The minimum atomic E-state index is -0.408. The molecule has 1 aromatic heterocycles. The molecule has 6 nitrogen and oxygen atoms in total. The van der Waals surface area contributed by atoms with E-state index in [-0.39, 0.29) is 25.3 Å². The Bertz CT molecular complexity index is 536. The fourth-order valence-corrected chi connectivity index (χ4v) is 2.37. The van der Waals surface area contributed by atoms with E-state index < -0.39 is 5.97 Å². The number of hydrogen-bond acceptors (Lipinski definition) is 5. The van der Waals surface area contributed by atoms with E-state index in [1.165, 1.54) is 11.6 Å². The van der Waals surface area contributed by atoms with E-state index in [9.17, 15) is 9.59 Å². The molecule has 6 heteroatoms. The largest absolute Gasteiger partial charge is 0.461 e. The van der Waals surface area contributed by atoms with E-state index in [1.807, 2.05) is 0 Å². The van der Waals surface area contributed by atoms with Crippen LogP contribution >= 0.6 is 0 Å². The summed E-state index contributed by atoms with van der Waals surface area (Å²) in [7, 11) is 0. The van der Waals surface area contributed by atoms with Gasteiger partial charge < -0.3 is 9.84 Å². The Kier molecular flexibility index (Phi) is 4.31. The number of carbonyl (C=O) groups is 1. The van der Waals surface area contributed by atoms with E-state index >= 15 is 0 Å². The number of aryl methyl sites for hydroxylation is 1. The lowest BCUT2D eigenvalue weighted by Crippen LogP contribution is -2.32. The molecule has 1 aromatic rings. The summed E-state index contributed by atoms with van der Waals surface area (Å²) in [5.41, 5.74) is 2.05. The predicted octanol–water partition coefficient (Wildman–Crippen LogP) is 0.177. The molecule has 104 valence electrons. The number of carbonyl (C=O) groups excluding carboxylic acids is 1. The van der Waals surface area contributed by atoms with Crippen molar-refractivity contribution >= 4 is 5.97 Å². The summed E-state index contributed by atoms with van der Waals surface area (Å²) in [5, 5.41) is 13.3. The molecule has 0 radical (unpaired) electrons. The normalized spacial score (nSPS) is 14.0. The summed E-state index contributed by atoms with van der Waals surface area (Å²) in [4.78, 5) is 23.2. The minimum Gasteiger partial charge on any atom is -0.461 e. The van der Waals surface area contributed by atoms with E-state index in [4.69, 9.17) is 9.84 Å². The number of hydrogen-bond donors (Lipinski definition) is 1. The van der Waals surface area contributed by atoms with E-state index in [1.54, 1.807) is 0 Å². The monoisotopic (exact) mass is 266 g/mol. The summed E-state index contributed by atoms with van der Waals surface area (Å²) in [5.74, 6) is -0.408. The van der Waals surface area contributed by atoms with Crippen molar-refractivity contribution in [2.75, 3.05) is 6.61 Å². The van der Waals surface area contributed by atoms with Crippen LogP contribution in [0.2, 0.25) is 0 Å². The number of aromatic nitrogens is 2. The van der Waals surface area contributed by atoms with Crippen LogP contribution in [-0.4, -0.2) is 27.5 Å². The lowest BCUT2D eigenvalue weighted by Gasteiger charge is -2.19. The summed E-state index contributed by atoms with van der Waals surface area (Å²) >= 11 is 0. The van der Waals surface area contributed by atoms with Crippen LogP contribution in [0, 0.1) is 0 Å². The summed E-state index contributed by atoms with van der Waals surface area (Å²) in [6.07, 6.45) is 3.69. The molecule has 0 unspecified atom stereocenters. The molecule has 19 heavy (non-hydrogen) atoms. The summed E-state index contributed by atoms with van der Waals surface area (Å²) in [6.45, 7) is 1.34. The third-order valence-corrected chi connectivity index (χ3v) is 3.27. The second-order valence-electron chi connectivity index (χ2n) is 4.64. The molecule has 1 heterocycles. The standard InChI is InChI=1S/C13H18N2O4/c1-9(17)19-8-11-10-4-2-3-5-12(10)14-15(6-7-16)13(11)18/h16H,2-8H2,1H3. The van der Waals surface area contributed by atoms with Crippen molar-refractivity contribution in [3.05, 3.63) is 27.2 Å². The van der Waals surface area contributed by atoms with Gasteiger partial charge in [0, 0.05) is 6.92 Å². The fourth-order valence-electron chi connectivity index (χ4n) is 2.37. The first-order valence-corrected chi connectivity index (χ1v) is 6.49. The van der Waals surface area contributed by atoms with Gasteiger partial charge in [-0.1, -0.05) is 0 Å². The SMILES string of the molecule is CC(=O)OCc1c2c(nn(CCO)c1=O)CCCC2. The first kappa shape index (κ1) is 13.7. The molecule has 0 fully saturated rings. The van der Waals surface area contributed by atoms with Gasteiger partial charge in [0.05, 0.1) is 24.4 Å². The van der Waals surface area contributed by atoms with Gasteiger partial charge in [0.25, 0.3) is 5.56 Å². The van der Waals surface area contributed by atoms with Crippen LogP contribution in [-0.2, 0) is 35.5 Å². The van der Waals surface area contributed by atoms with Gasteiger partial charge in [-0.05, 0) is 31.2 Å². The Hall–Kier alpha value is -1.69. The molecule has 1 aliphatic rings. The van der Waals surface area contributed by atoms with Crippen molar-refractivity contribution in [3.8, 4) is 0 Å². The van der Waals surface area contributed by atoms with Gasteiger partial charge >= 0.3 is 5.97 Å². The molecule has 0 amide bonds. The van der Waals surface area contributed by atoms with Crippen molar-refractivity contribution in [1.82, 2.24) is 9.78 Å². The fraction of sp³-hybridized carbons (Fsp3) is 0.615. The Morgan fingerprint density at radius 3 is 2.84 bits per heavy atom. The van der Waals surface area contributed by atoms with E-state index in [0.717, 1.165) is 36.9 Å². The van der Waals surface area contributed by atoms with Crippen LogP contribution in [0.3, 0.4) is 0 Å². The van der Waals surface area contributed by atoms with Gasteiger partial charge in [0.15, 0.2) is 0 Å². The smallest absolute Gasteiger partial charge is 0.302 e. The van der Waals surface area contributed by atoms with Gasteiger partial charge in [-0.15, -0.1) is 0 Å². The molecule has 0 aromatic carbocycles. The molecule has 0 bridgehead atoms. The first-order chi connectivity index (χ1) is 9.13. The molecule has 0 spiro atoms. The Morgan fingerprint density at radius 2 is 2.16 bits per heavy atom. The quantitative estimate of drug-likeness (QED) is 0.786. The predicted molar refractivity (Wildman–Crippen MR) is 67.7 cm³/mol. The van der Waals surface area contributed by atoms with Crippen LogP contribution in [0.1, 0.15) is 36.6 Å². The number of rotatable bonds is 4. The molecule has 0 saturated heterocycles. The third-order valence-electron chi connectivity index (χ3n) is 3.27. The third kappa shape index (κ3) is 3.01. The number of aliphatic hydroxyl groups is 1. The summed E-state index contributed by atoms with van der Waals surface area (Å²) < 4.78 is 6.23. The van der Waals surface area contributed by atoms with Gasteiger partial charge in [-0.2, -0.15) is 5.10 Å². The van der Waals surface area contributed by atoms with Crippen LogP contribution < -0.4 is 5.56 Å². The number of ether oxygens (including phenoxy) is 1. The van der Waals surface area contributed by atoms with Crippen molar-refractivity contribution in [2.24, 2.45) is 0 Å². The lowest BCUT2D eigenvalue weighted by molar-refractivity contribution is -0.142. The zero-order valence-corrected chi connectivity index (χ0v) is 11.0. The summed E-state index contributed by atoms with van der Waals surface area (Å²) in [6, 6.07) is 0. The highest BCUT2D eigenvalue weighted by Gasteiger charge is 2.20. The van der Waals surface area contributed by atoms with Crippen LogP contribution in [0.5, 0.6) is 0 Å². The van der Waals surface area contributed by atoms with E-state index in [0.29, 0.717) is 5.56 Å². The molecule has 0 atom stereocenters. The van der Waals surface area contributed by atoms with Crippen molar-refractivity contribution in [3.63, 3.8) is 0 Å². The molecule has 1 N–H and O–H groups in total. The Morgan fingerprint density at radius 1 is 1.42 bits per heavy atom. The van der Waals surface area contributed by atoms with Gasteiger partial charge in [0.2, 0.25) is 0 Å². The van der Waals surface area contributed by atoms with Gasteiger partial charge in [0.1, 0.15) is 6.61 Å². The number of aliphatic hydroxyl groups excluding tert-OH is 1. The van der Waals surface area contributed by atoms with Gasteiger partial charge in [-0.3, -0.25) is 9.59 Å².